The highest BCUT2D eigenvalue weighted by molar-refractivity contribution is 7.11. The second-order valence-electron chi connectivity index (χ2n) is 5.69. The Bertz CT molecular complexity index is 522. The Morgan fingerprint density at radius 3 is 2.95 bits per heavy atom. The molecular weight excluding hydrogens is 284 g/mol. The van der Waals surface area contributed by atoms with Crippen LogP contribution in [0.1, 0.15) is 56.3 Å². The fourth-order valence-electron chi connectivity index (χ4n) is 2.45. The molecule has 0 aliphatic heterocycles. The molecule has 0 atom stereocenters. The molecule has 0 unspecified atom stereocenters. The average molecular weight is 308 g/mol. The Hall–Kier alpha value is -1.56. The summed E-state index contributed by atoms with van der Waals surface area (Å²) in [6.07, 6.45) is 8.36. The number of nitrogens with two attached hydrogens (primary N) is 1. The number of rotatable bonds is 6. The van der Waals surface area contributed by atoms with Gasteiger partial charge in [0.1, 0.15) is 10.6 Å². The number of aromatic nitrogens is 1. The van der Waals surface area contributed by atoms with Crippen LogP contribution in [0.25, 0.3) is 0 Å². The lowest BCUT2D eigenvalue weighted by Gasteiger charge is -2.13. The molecule has 1 amide bonds. The smallest absolute Gasteiger partial charge is 0.258 e. The van der Waals surface area contributed by atoms with Gasteiger partial charge >= 0.3 is 0 Å². The molecule has 1 aliphatic carbocycles. The van der Waals surface area contributed by atoms with Crippen molar-refractivity contribution in [2.75, 3.05) is 17.6 Å². The molecule has 6 heteroatoms. The number of hydrogen-bond donors (Lipinski definition) is 3. The molecule has 4 N–H and O–H groups in total. The summed E-state index contributed by atoms with van der Waals surface area (Å²) in [7, 11) is 0. The lowest BCUT2D eigenvalue weighted by atomic mass is 9.97. The molecule has 0 saturated carbocycles. The van der Waals surface area contributed by atoms with E-state index in [-0.39, 0.29) is 11.9 Å². The van der Waals surface area contributed by atoms with Crippen molar-refractivity contribution in [1.82, 2.24) is 9.69 Å². The molecule has 0 spiro atoms. The minimum Gasteiger partial charge on any atom is -0.382 e. The molecule has 116 valence electrons. The third-order valence-electron chi connectivity index (χ3n) is 3.48. The van der Waals surface area contributed by atoms with Crippen molar-refractivity contribution in [2.24, 2.45) is 0 Å². The van der Waals surface area contributed by atoms with E-state index in [0.29, 0.717) is 11.4 Å². The normalized spacial score (nSPS) is 14.9. The van der Waals surface area contributed by atoms with Crippen LogP contribution in [0, 0.1) is 0 Å². The van der Waals surface area contributed by atoms with Crippen LogP contribution < -0.4 is 16.4 Å². The van der Waals surface area contributed by atoms with E-state index >= 15 is 0 Å². The highest BCUT2D eigenvalue weighted by Gasteiger charge is 2.19. The summed E-state index contributed by atoms with van der Waals surface area (Å²) < 4.78 is 4.09. The number of hydrogen-bond acceptors (Lipinski definition) is 5. The quantitative estimate of drug-likeness (QED) is 0.705. The van der Waals surface area contributed by atoms with Crippen molar-refractivity contribution in [3.8, 4) is 0 Å². The van der Waals surface area contributed by atoms with Crippen molar-refractivity contribution in [1.29, 1.82) is 0 Å². The van der Waals surface area contributed by atoms with E-state index in [9.17, 15) is 4.79 Å². The topological polar surface area (TPSA) is 80.0 Å². The molecule has 1 heterocycles. The third kappa shape index (κ3) is 4.46. The fraction of sp³-hybridized carbons (Fsp3) is 0.600. The van der Waals surface area contributed by atoms with Gasteiger partial charge < -0.3 is 16.4 Å². The van der Waals surface area contributed by atoms with E-state index in [1.807, 2.05) is 13.8 Å². The standard InChI is InChI=1S/C15H24N4OS/c1-10(2)18-14(20)12-13(16)19-21-15(12)17-9-8-11-6-4-3-5-7-11/h6,10,17H,3-5,7-9H2,1-2H3,(H2,16,19)(H,18,20). The van der Waals surface area contributed by atoms with Crippen LogP contribution in [0.4, 0.5) is 10.8 Å². The van der Waals surface area contributed by atoms with E-state index in [1.165, 1.54) is 42.8 Å². The molecular formula is C15H24N4OS. The van der Waals surface area contributed by atoms with Gasteiger partial charge in [0.2, 0.25) is 0 Å². The zero-order valence-corrected chi connectivity index (χ0v) is 13.6. The summed E-state index contributed by atoms with van der Waals surface area (Å²) in [6, 6.07) is 0.0806. The molecule has 0 fully saturated rings. The molecule has 1 aromatic heterocycles. The molecule has 0 aromatic carbocycles. The lowest BCUT2D eigenvalue weighted by molar-refractivity contribution is 0.0945. The highest BCUT2D eigenvalue weighted by Crippen LogP contribution is 2.27. The minimum atomic E-state index is -0.157. The van der Waals surface area contributed by atoms with Gasteiger partial charge in [-0.3, -0.25) is 4.79 Å². The lowest BCUT2D eigenvalue weighted by Crippen LogP contribution is -2.30. The van der Waals surface area contributed by atoms with Gasteiger partial charge in [0.05, 0.1) is 0 Å². The van der Waals surface area contributed by atoms with Gasteiger partial charge in [-0.1, -0.05) is 11.6 Å². The van der Waals surface area contributed by atoms with Crippen LogP contribution >= 0.6 is 11.5 Å². The van der Waals surface area contributed by atoms with E-state index in [4.69, 9.17) is 5.73 Å². The van der Waals surface area contributed by atoms with E-state index in [0.717, 1.165) is 18.0 Å². The van der Waals surface area contributed by atoms with Gasteiger partial charge in [0.25, 0.3) is 5.91 Å². The van der Waals surface area contributed by atoms with Crippen molar-refractivity contribution in [3.05, 3.63) is 17.2 Å². The van der Waals surface area contributed by atoms with Gasteiger partial charge in [-0.2, -0.15) is 4.37 Å². The summed E-state index contributed by atoms with van der Waals surface area (Å²) in [6.45, 7) is 4.67. The number of amides is 1. The number of carbonyl (C=O) groups is 1. The van der Waals surface area contributed by atoms with Crippen LogP contribution in [0.2, 0.25) is 0 Å². The first-order chi connectivity index (χ1) is 10.1. The highest BCUT2D eigenvalue weighted by atomic mass is 32.1. The number of nitrogens with zero attached hydrogens (tertiary/aromatic N) is 1. The molecule has 0 saturated heterocycles. The van der Waals surface area contributed by atoms with Gasteiger partial charge in [-0.25, -0.2) is 0 Å². The maximum Gasteiger partial charge on any atom is 0.258 e. The molecule has 1 aromatic rings. The van der Waals surface area contributed by atoms with Crippen LogP contribution in [-0.4, -0.2) is 22.9 Å². The minimum absolute atomic E-state index is 0.0806. The first kappa shape index (κ1) is 15.8. The molecule has 1 aliphatic rings. The molecule has 0 radical (unpaired) electrons. The number of nitrogens with one attached hydrogen (secondary N) is 2. The predicted octanol–water partition coefficient (Wildman–Crippen LogP) is 3.17. The summed E-state index contributed by atoms with van der Waals surface area (Å²) in [5.41, 5.74) is 7.81. The third-order valence-corrected chi connectivity index (χ3v) is 4.30. The number of carbonyl (C=O) groups excluding carboxylic acids is 1. The summed E-state index contributed by atoms with van der Waals surface area (Å²) >= 11 is 1.25. The second-order valence-corrected chi connectivity index (χ2v) is 6.46. The summed E-state index contributed by atoms with van der Waals surface area (Å²) in [5, 5.41) is 6.94. The second kappa shape index (κ2) is 7.45. The maximum absolute atomic E-state index is 12.1. The number of anilines is 2. The number of allylic oxidation sites excluding steroid dienone is 1. The van der Waals surface area contributed by atoms with E-state index in [2.05, 4.69) is 21.1 Å². The van der Waals surface area contributed by atoms with Gasteiger partial charge in [-0.15, -0.1) is 0 Å². The van der Waals surface area contributed by atoms with Crippen LogP contribution in [0.5, 0.6) is 0 Å². The van der Waals surface area contributed by atoms with E-state index < -0.39 is 0 Å². The zero-order valence-electron chi connectivity index (χ0n) is 12.7. The Balaban J connectivity index is 1.94. The van der Waals surface area contributed by atoms with Crippen LogP contribution in [-0.2, 0) is 0 Å². The van der Waals surface area contributed by atoms with Gasteiger partial charge in [0.15, 0.2) is 5.82 Å². The van der Waals surface area contributed by atoms with Crippen molar-refractivity contribution in [3.63, 3.8) is 0 Å². The van der Waals surface area contributed by atoms with E-state index in [1.54, 1.807) is 0 Å². The largest absolute Gasteiger partial charge is 0.382 e. The SMILES string of the molecule is CC(C)NC(=O)c1c(N)nsc1NCCC1=CCCCC1. The van der Waals surface area contributed by atoms with Crippen molar-refractivity contribution in [2.45, 2.75) is 52.0 Å². The Morgan fingerprint density at radius 1 is 1.48 bits per heavy atom. The summed E-state index contributed by atoms with van der Waals surface area (Å²) in [5.74, 6) is 0.146. The molecule has 0 bridgehead atoms. The maximum atomic E-state index is 12.1. The average Bonchev–Trinajstić information content (AvgIpc) is 2.80. The van der Waals surface area contributed by atoms with Crippen molar-refractivity contribution >= 4 is 28.3 Å². The van der Waals surface area contributed by atoms with Crippen LogP contribution in [0.3, 0.4) is 0 Å². The first-order valence-electron chi connectivity index (χ1n) is 7.55. The molecule has 5 nitrogen and oxygen atoms in total. The Kier molecular flexibility index (Phi) is 5.61. The number of nitrogen functional groups attached to an aromatic ring is 1. The monoisotopic (exact) mass is 308 g/mol. The van der Waals surface area contributed by atoms with Gasteiger partial charge in [0, 0.05) is 12.6 Å². The van der Waals surface area contributed by atoms with Gasteiger partial charge in [-0.05, 0) is 57.5 Å². The Labute approximate surface area is 130 Å². The predicted molar refractivity (Wildman–Crippen MR) is 88.8 cm³/mol. The fourth-order valence-corrected chi connectivity index (χ4v) is 3.18. The first-order valence-corrected chi connectivity index (χ1v) is 8.33. The molecule has 2 rings (SSSR count). The summed E-state index contributed by atoms with van der Waals surface area (Å²) in [4.78, 5) is 12.1. The zero-order chi connectivity index (χ0) is 15.2. The van der Waals surface area contributed by atoms with Crippen LogP contribution in [0.15, 0.2) is 11.6 Å². The Morgan fingerprint density at radius 2 is 2.29 bits per heavy atom. The molecule has 21 heavy (non-hydrogen) atoms. The van der Waals surface area contributed by atoms with Crippen molar-refractivity contribution < 1.29 is 4.79 Å².